The minimum absolute atomic E-state index is 0.0805. The average Bonchev–Trinajstić information content (AvgIpc) is 2.26. The van der Waals surface area contributed by atoms with E-state index in [0.717, 1.165) is 16.5 Å². The molecule has 2 N–H and O–H groups in total. The van der Waals surface area contributed by atoms with Crippen molar-refractivity contribution in [2.45, 2.75) is 13.0 Å². The number of aromatic nitrogens is 1. The first-order valence-electron chi connectivity index (χ1n) is 5.05. The molecule has 0 radical (unpaired) electrons. The molecular formula is C13H14N2. The summed E-state index contributed by atoms with van der Waals surface area (Å²) in [4.78, 5) is 4.30. The summed E-state index contributed by atoms with van der Waals surface area (Å²) in [6.07, 6.45) is 5.86. The highest BCUT2D eigenvalue weighted by molar-refractivity contribution is 5.87. The molecule has 0 saturated carbocycles. The molecule has 0 amide bonds. The van der Waals surface area contributed by atoms with Crippen LogP contribution < -0.4 is 5.73 Å². The van der Waals surface area contributed by atoms with Crippen molar-refractivity contribution >= 4 is 17.0 Å². The van der Waals surface area contributed by atoms with Crippen LogP contribution in [0.1, 0.15) is 12.5 Å². The Labute approximate surface area is 89.4 Å². The summed E-state index contributed by atoms with van der Waals surface area (Å²) in [5.74, 6) is 0. The van der Waals surface area contributed by atoms with E-state index in [1.807, 2.05) is 43.5 Å². The van der Waals surface area contributed by atoms with Crippen molar-refractivity contribution in [3.05, 3.63) is 48.2 Å². The smallest absolute Gasteiger partial charge is 0.0707 e. The van der Waals surface area contributed by atoms with Crippen LogP contribution in [0.25, 0.3) is 17.0 Å². The molecule has 0 bridgehead atoms. The number of benzene rings is 1. The van der Waals surface area contributed by atoms with Gasteiger partial charge < -0.3 is 5.73 Å². The van der Waals surface area contributed by atoms with Crippen molar-refractivity contribution in [1.82, 2.24) is 4.98 Å². The van der Waals surface area contributed by atoms with E-state index in [-0.39, 0.29) is 6.04 Å². The number of fused-ring (bicyclic) bond motifs is 1. The quantitative estimate of drug-likeness (QED) is 0.805. The highest BCUT2D eigenvalue weighted by Gasteiger charge is 1.97. The van der Waals surface area contributed by atoms with E-state index in [9.17, 15) is 0 Å². The third-order valence-electron chi connectivity index (χ3n) is 2.26. The van der Waals surface area contributed by atoms with Gasteiger partial charge in [0.05, 0.1) is 5.52 Å². The second-order valence-corrected chi connectivity index (χ2v) is 3.64. The molecule has 76 valence electrons. The molecule has 0 aliphatic rings. The highest BCUT2D eigenvalue weighted by atomic mass is 14.6. The molecule has 2 heteroatoms. The van der Waals surface area contributed by atoms with Crippen LogP contribution in [0.4, 0.5) is 0 Å². The first-order valence-corrected chi connectivity index (χ1v) is 5.05. The Kier molecular flexibility index (Phi) is 2.79. The predicted octanol–water partition coefficient (Wildman–Crippen LogP) is 2.60. The molecule has 0 aliphatic heterocycles. The van der Waals surface area contributed by atoms with E-state index in [4.69, 9.17) is 5.73 Å². The molecule has 0 saturated heterocycles. The van der Waals surface area contributed by atoms with E-state index in [0.29, 0.717) is 0 Å². The van der Waals surface area contributed by atoms with E-state index < -0.39 is 0 Å². The zero-order valence-electron chi connectivity index (χ0n) is 8.72. The van der Waals surface area contributed by atoms with Gasteiger partial charge in [0, 0.05) is 17.6 Å². The van der Waals surface area contributed by atoms with Crippen molar-refractivity contribution in [2.75, 3.05) is 0 Å². The Morgan fingerprint density at radius 3 is 2.87 bits per heavy atom. The van der Waals surface area contributed by atoms with Crippen LogP contribution >= 0.6 is 0 Å². The second kappa shape index (κ2) is 4.24. The predicted molar refractivity (Wildman–Crippen MR) is 64.4 cm³/mol. The van der Waals surface area contributed by atoms with Gasteiger partial charge in [0.1, 0.15) is 0 Å². The Hall–Kier alpha value is -1.67. The summed E-state index contributed by atoms with van der Waals surface area (Å²) in [5, 5.41) is 1.16. The van der Waals surface area contributed by atoms with Crippen molar-refractivity contribution in [2.24, 2.45) is 5.73 Å². The number of rotatable bonds is 2. The summed E-state index contributed by atoms with van der Waals surface area (Å²) in [7, 11) is 0. The lowest BCUT2D eigenvalue weighted by Gasteiger charge is -2.01. The van der Waals surface area contributed by atoms with Gasteiger partial charge in [-0.2, -0.15) is 0 Å². The summed E-state index contributed by atoms with van der Waals surface area (Å²) < 4.78 is 0. The number of nitrogens with two attached hydrogens (primary N) is 1. The lowest BCUT2D eigenvalue weighted by atomic mass is 10.1. The molecule has 0 fully saturated rings. The first-order chi connectivity index (χ1) is 7.27. The third-order valence-corrected chi connectivity index (χ3v) is 2.26. The maximum atomic E-state index is 5.68. The van der Waals surface area contributed by atoms with Crippen LogP contribution in [-0.4, -0.2) is 11.0 Å². The SMILES string of the molecule is CC(N)/C=C/c1ccnc2ccccc12. The van der Waals surface area contributed by atoms with Gasteiger partial charge in [-0.25, -0.2) is 0 Å². The third kappa shape index (κ3) is 2.22. The Morgan fingerprint density at radius 2 is 2.07 bits per heavy atom. The molecule has 2 rings (SSSR count). The molecule has 1 atom stereocenters. The van der Waals surface area contributed by atoms with Crippen LogP contribution in [0.5, 0.6) is 0 Å². The lowest BCUT2D eigenvalue weighted by molar-refractivity contribution is 0.931. The van der Waals surface area contributed by atoms with Crippen LogP contribution in [-0.2, 0) is 0 Å². The summed E-state index contributed by atoms with van der Waals surface area (Å²) in [5.41, 5.74) is 7.86. The van der Waals surface area contributed by atoms with Gasteiger partial charge in [0.15, 0.2) is 0 Å². The standard InChI is InChI=1S/C13H14N2/c1-10(14)6-7-11-8-9-15-13-5-3-2-4-12(11)13/h2-10H,14H2,1H3/b7-6+. The van der Waals surface area contributed by atoms with Crippen molar-refractivity contribution in [3.63, 3.8) is 0 Å². The molecule has 0 spiro atoms. The molecule has 1 aromatic carbocycles. The molecule has 15 heavy (non-hydrogen) atoms. The van der Waals surface area contributed by atoms with Crippen LogP contribution in [0.3, 0.4) is 0 Å². The van der Waals surface area contributed by atoms with E-state index in [1.54, 1.807) is 0 Å². The minimum atomic E-state index is 0.0805. The first kappa shape index (κ1) is 9.87. The topological polar surface area (TPSA) is 38.9 Å². The highest BCUT2D eigenvalue weighted by Crippen LogP contribution is 2.17. The molecule has 1 unspecified atom stereocenters. The number of hydrogen-bond acceptors (Lipinski definition) is 2. The number of pyridine rings is 1. The fraction of sp³-hybridized carbons (Fsp3) is 0.154. The number of para-hydroxylation sites is 1. The zero-order chi connectivity index (χ0) is 10.7. The van der Waals surface area contributed by atoms with Gasteiger partial charge >= 0.3 is 0 Å². The van der Waals surface area contributed by atoms with Crippen molar-refractivity contribution in [3.8, 4) is 0 Å². The number of hydrogen-bond donors (Lipinski definition) is 1. The van der Waals surface area contributed by atoms with Crippen LogP contribution in [0.2, 0.25) is 0 Å². The van der Waals surface area contributed by atoms with Gasteiger partial charge in [-0.05, 0) is 24.6 Å². The molecule has 1 heterocycles. The van der Waals surface area contributed by atoms with Gasteiger partial charge in [-0.15, -0.1) is 0 Å². The van der Waals surface area contributed by atoms with Gasteiger partial charge in [-0.1, -0.05) is 30.4 Å². The average molecular weight is 198 g/mol. The molecule has 2 aromatic rings. The van der Waals surface area contributed by atoms with Gasteiger partial charge in [-0.3, -0.25) is 4.98 Å². The van der Waals surface area contributed by atoms with E-state index in [1.165, 1.54) is 0 Å². The Balaban J connectivity index is 2.51. The Bertz CT molecular complexity index is 481. The van der Waals surface area contributed by atoms with Crippen LogP contribution in [0.15, 0.2) is 42.6 Å². The summed E-state index contributed by atoms with van der Waals surface area (Å²) in [6.45, 7) is 1.96. The molecular weight excluding hydrogens is 184 g/mol. The Morgan fingerprint density at radius 1 is 1.27 bits per heavy atom. The fourth-order valence-corrected chi connectivity index (χ4v) is 1.52. The fourth-order valence-electron chi connectivity index (χ4n) is 1.52. The lowest BCUT2D eigenvalue weighted by Crippen LogP contribution is -2.09. The summed E-state index contributed by atoms with van der Waals surface area (Å²) >= 11 is 0. The zero-order valence-corrected chi connectivity index (χ0v) is 8.72. The van der Waals surface area contributed by atoms with Gasteiger partial charge in [0.2, 0.25) is 0 Å². The monoisotopic (exact) mass is 198 g/mol. The van der Waals surface area contributed by atoms with Gasteiger partial charge in [0.25, 0.3) is 0 Å². The van der Waals surface area contributed by atoms with E-state index in [2.05, 4.69) is 17.1 Å². The molecule has 0 aliphatic carbocycles. The summed E-state index contributed by atoms with van der Waals surface area (Å²) in [6, 6.07) is 10.2. The van der Waals surface area contributed by atoms with Crippen molar-refractivity contribution in [1.29, 1.82) is 0 Å². The number of nitrogens with zero attached hydrogens (tertiary/aromatic N) is 1. The second-order valence-electron chi connectivity index (χ2n) is 3.64. The maximum absolute atomic E-state index is 5.68. The minimum Gasteiger partial charge on any atom is -0.325 e. The largest absolute Gasteiger partial charge is 0.325 e. The maximum Gasteiger partial charge on any atom is 0.0707 e. The van der Waals surface area contributed by atoms with Crippen molar-refractivity contribution < 1.29 is 0 Å². The van der Waals surface area contributed by atoms with E-state index >= 15 is 0 Å². The van der Waals surface area contributed by atoms with Crippen LogP contribution in [0, 0.1) is 0 Å². The molecule has 2 nitrogen and oxygen atoms in total. The normalized spacial score (nSPS) is 13.5. The molecule has 1 aromatic heterocycles.